The van der Waals surface area contributed by atoms with Crippen molar-refractivity contribution in [1.29, 1.82) is 0 Å². The van der Waals surface area contributed by atoms with Gasteiger partial charge in [0.2, 0.25) is 0 Å². The lowest BCUT2D eigenvalue weighted by Gasteiger charge is -2.33. The molecule has 6 aromatic rings. The number of aryl methyl sites for hydroxylation is 4. The average Bonchev–Trinajstić information content (AvgIpc) is 1.73. The Morgan fingerprint density at radius 2 is 0.814 bits per heavy atom. The summed E-state index contributed by atoms with van der Waals surface area (Å²) < 4.78 is 0. The van der Waals surface area contributed by atoms with Gasteiger partial charge in [-0.15, -0.1) is 0 Å². The van der Waals surface area contributed by atoms with E-state index < -0.39 is 0 Å². The van der Waals surface area contributed by atoms with Gasteiger partial charge in [0.25, 0.3) is 0 Å². The fourth-order valence-electron chi connectivity index (χ4n) is 18.3. The molecule has 10 aliphatic rings. The van der Waals surface area contributed by atoms with Crippen LogP contribution in [0.25, 0.3) is 22.8 Å². The van der Waals surface area contributed by atoms with Gasteiger partial charge in [0.15, 0.2) is 0 Å². The summed E-state index contributed by atoms with van der Waals surface area (Å²) >= 11 is 0. The zero-order chi connectivity index (χ0) is 66.2. The summed E-state index contributed by atoms with van der Waals surface area (Å²) in [5.41, 5.74) is 33.4. The normalized spacial score (nSPS) is 23.1. The Morgan fingerprint density at radius 1 is 0.381 bits per heavy atom. The van der Waals surface area contributed by atoms with Gasteiger partial charge in [0.05, 0.1) is 0 Å². The molecule has 0 heteroatoms. The van der Waals surface area contributed by atoms with Crippen molar-refractivity contribution in [3.8, 4) is 0 Å². The number of hydrogen-bond donors (Lipinski definition) is 0. The zero-order valence-corrected chi connectivity index (χ0v) is 59.4. The van der Waals surface area contributed by atoms with E-state index in [2.05, 4.69) is 278 Å². The van der Waals surface area contributed by atoms with Crippen molar-refractivity contribution in [1.82, 2.24) is 0 Å². The SMILES string of the molecule is CC(C)C1CCC(c2ccc(CC3=CC=C(c4ccc5c(c4)C=CC5)C4C=CC=C34)cc2)CC1.CCCc1ccc(CC2=CC=C(c3ccc4c(c3)CCC4)C3C=CC=C23)cc1.CCc1ccc(C2=CC=C(Cc3ccc(C4CCC(C(CC)CC)CC4)cc3)C3=CC=CC32)cc1. The molecule has 97 heavy (non-hydrogen) atoms. The highest BCUT2D eigenvalue weighted by molar-refractivity contribution is 5.82. The number of rotatable bonds is 18. The standard InChI is InChI=1S/C35H42.C34H36.C28H28/c1-4-25-10-16-31(17-11-25)34-23-22-32(33-8-7-9-35(33)34)24-26-12-14-29(15-13-26)30-20-18-28(19-21-30)27(5-2)6-3;1-23(2)25-13-15-28(16-14-25)27-11-9-24(10-12-27)21-30-19-20-33(34-8-4-7-32(30)34)31-18-17-26-5-3-6-29(26)22-31;1-2-5-20-10-12-21(13-11-20)18-24-16-17-27(28-9-4-8-26(24)28)25-15-14-22-6-3-7-23(22)19-25/h7-17,22-23,27-28,30,35H,4-6,18-21,24H2,1-3H3;3-4,6-12,17-20,22-23,25,28,34H,5,13-16,21H2,1-2H3;4,8-17,19,28H,2-3,5-7,18H2,1H3. The van der Waals surface area contributed by atoms with Crippen molar-refractivity contribution in [2.45, 2.75) is 182 Å². The Morgan fingerprint density at radius 3 is 1.30 bits per heavy atom. The van der Waals surface area contributed by atoms with Gasteiger partial charge in [-0.25, -0.2) is 0 Å². The molecule has 2 saturated carbocycles. The highest BCUT2D eigenvalue weighted by Gasteiger charge is 2.32. The molecule has 0 radical (unpaired) electrons. The fraction of sp³-hybridized carbons (Fsp3) is 0.361. The summed E-state index contributed by atoms with van der Waals surface area (Å²) in [6, 6.07) is 51.7. The Bertz CT molecular complexity index is 4210. The van der Waals surface area contributed by atoms with E-state index >= 15 is 0 Å². The molecule has 0 spiro atoms. The first-order valence-electron chi connectivity index (χ1n) is 38.3. The molecule has 2 fully saturated rings. The van der Waals surface area contributed by atoms with Crippen molar-refractivity contribution in [3.05, 3.63) is 342 Å². The second-order valence-electron chi connectivity index (χ2n) is 30.4. The third kappa shape index (κ3) is 15.0. The van der Waals surface area contributed by atoms with Crippen LogP contribution in [0, 0.1) is 41.4 Å². The Balaban J connectivity index is 0.000000126. The topological polar surface area (TPSA) is 0 Å². The molecule has 494 valence electrons. The van der Waals surface area contributed by atoms with Gasteiger partial charge in [-0.05, 0) is 279 Å². The van der Waals surface area contributed by atoms with E-state index in [1.54, 1.807) is 22.3 Å². The maximum atomic E-state index is 2.45. The van der Waals surface area contributed by atoms with E-state index in [1.165, 1.54) is 202 Å². The largest absolute Gasteiger partial charge is 0.0795 e. The van der Waals surface area contributed by atoms with Crippen molar-refractivity contribution in [3.63, 3.8) is 0 Å². The molecule has 0 saturated heterocycles. The van der Waals surface area contributed by atoms with Crippen molar-refractivity contribution in [2.75, 3.05) is 0 Å². The third-order valence-corrected chi connectivity index (χ3v) is 24.3. The molecule has 0 bridgehead atoms. The molecular formula is C97H106. The van der Waals surface area contributed by atoms with E-state index in [1.807, 2.05) is 0 Å². The van der Waals surface area contributed by atoms with E-state index in [9.17, 15) is 0 Å². The highest BCUT2D eigenvalue weighted by atomic mass is 14.4. The maximum absolute atomic E-state index is 2.45. The molecule has 0 heterocycles. The molecule has 0 aliphatic heterocycles. The minimum Gasteiger partial charge on any atom is -0.0795 e. The van der Waals surface area contributed by atoms with Gasteiger partial charge < -0.3 is 0 Å². The second kappa shape index (κ2) is 30.8. The van der Waals surface area contributed by atoms with E-state index in [4.69, 9.17) is 0 Å². The quantitative estimate of drug-likeness (QED) is 0.0805. The second-order valence-corrected chi connectivity index (χ2v) is 30.4. The maximum Gasteiger partial charge on any atom is 0.0281 e. The predicted molar refractivity (Wildman–Crippen MR) is 417 cm³/mol. The van der Waals surface area contributed by atoms with Gasteiger partial charge in [0.1, 0.15) is 0 Å². The van der Waals surface area contributed by atoms with E-state index in [0.29, 0.717) is 17.8 Å². The van der Waals surface area contributed by atoms with Gasteiger partial charge in [0, 0.05) is 17.8 Å². The lowest BCUT2D eigenvalue weighted by atomic mass is 9.72. The molecule has 3 atom stereocenters. The Hall–Kier alpha value is -8.06. The summed E-state index contributed by atoms with van der Waals surface area (Å²) in [7, 11) is 0. The van der Waals surface area contributed by atoms with Crippen molar-refractivity contribution in [2.24, 2.45) is 41.4 Å². The monoisotopic (exact) mass is 1270 g/mol. The number of allylic oxidation sites excluding steroid dienone is 25. The molecule has 10 aliphatic carbocycles. The van der Waals surface area contributed by atoms with Crippen LogP contribution in [-0.2, 0) is 51.4 Å². The van der Waals surface area contributed by atoms with Crippen LogP contribution in [0.4, 0.5) is 0 Å². The Kier molecular flexibility index (Phi) is 21.0. The summed E-state index contributed by atoms with van der Waals surface area (Å²) in [4.78, 5) is 0. The average molecular weight is 1270 g/mol. The van der Waals surface area contributed by atoms with Gasteiger partial charge in [-0.1, -0.05) is 291 Å². The summed E-state index contributed by atoms with van der Waals surface area (Å²) in [6.07, 6.45) is 64.8. The van der Waals surface area contributed by atoms with Gasteiger partial charge >= 0.3 is 0 Å². The molecule has 0 aromatic heterocycles. The van der Waals surface area contributed by atoms with Crippen LogP contribution in [-0.4, -0.2) is 0 Å². The van der Waals surface area contributed by atoms with E-state index in [0.717, 1.165) is 67.6 Å². The lowest BCUT2D eigenvalue weighted by Crippen LogP contribution is -2.20. The van der Waals surface area contributed by atoms with E-state index in [-0.39, 0.29) is 0 Å². The molecule has 3 unspecified atom stereocenters. The first-order chi connectivity index (χ1) is 47.7. The first-order valence-corrected chi connectivity index (χ1v) is 38.3. The molecule has 16 rings (SSSR count). The number of fused-ring (bicyclic) bond motifs is 5. The summed E-state index contributed by atoms with van der Waals surface area (Å²) in [5, 5.41) is 0. The van der Waals surface area contributed by atoms with Crippen molar-refractivity contribution < 1.29 is 0 Å². The minimum atomic E-state index is 0.388. The summed E-state index contributed by atoms with van der Waals surface area (Å²) in [5.74, 6) is 6.39. The zero-order valence-electron chi connectivity index (χ0n) is 59.4. The van der Waals surface area contributed by atoms with Gasteiger partial charge in [-0.2, -0.15) is 0 Å². The molecule has 0 N–H and O–H groups in total. The molecule has 0 nitrogen and oxygen atoms in total. The third-order valence-electron chi connectivity index (χ3n) is 24.3. The predicted octanol–water partition coefficient (Wildman–Crippen LogP) is 25.3. The molecule has 0 amide bonds. The van der Waals surface area contributed by atoms with Crippen LogP contribution in [0.1, 0.15) is 208 Å². The summed E-state index contributed by atoms with van der Waals surface area (Å²) in [6.45, 7) is 14.0. The fourth-order valence-corrected chi connectivity index (χ4v) is 18.3. The highest BCUT2D eigenvalue weighted by Crippen LogP contribution is 2.47. The van der Waals surface area contributed by atoms with Crippen LogP contribution in [0.2, 0.25) is 0 Å². The van der Waals surface area contributed by atoms with Crippen molar-refractivity contribution >= 4 is 22.8 Å². The van der Waals surface area contributed by atoms with Crippen LogP contribution in [0.3, 0.4) is 0 Å². The number of hydrogen-bond acceptors (Lipinski definition) is 0. The molecular weight excluding hydrogens is 1170 g/mol. The molecule has 6 aromatic carbocycles. The van der Waals surface area contributed by atoms with Crippen LogP contribution in [0.5, 0.6) is 0 Å². The van der Waals surface area contributed by atoms with Crippen LogP contribution >= 0.6 is 0 Å². The van der Waals surface area contributed by atoms with Crippen LogP contribution < -0.4 is 0 Å². The minimum absolute atomic E-state index is 0.388. The first kappa shape index (κ1) is 66.2. The Labute approximate surface area is 584 Å². The lowest BCUT2D eigenvalue weighted by molar-refractivity contribution is 0.221. The number of benzene rings is 6. The smallest absolute Gasteiger partial charge is 0.0281 e. The van der Waals surface area contributed by atoms with Gasteiger partial charge in [-0.3, -0.25) is 0 Å². The van der Waals surface area contributed by atoms with Crippen LogP contribution in [0.15, 0.2) is 264 Å².